The molecule has 0 N–H and O–H groups in total. The van der Waals surface area contributed by atoms with Gasteiger partial charge in [-0.3, -0.25) is 9.88 Å². The second-order valence-corrected chi connectivity index (χ2v) is 5.73. The first kappa shape index (κ1) is 13.3. The van der Waals surface area contributed by atoms with Gasteiger partial charge in [-0.2, -0.15) is 0 Å². The van der Waals surface area contributed by atoms with Gasteiger partial charge in [0.1, 0.15) is 5.82 Å². The average Bonchev–Trinajstić information content (AvgIpc) is 2.86. The number of pyridine rings is 1. The molecule has 3 rings (SSSR count). The summed E-state index contributed by atoms with van der Waals surface area (Å²) in [6.07, 6.45) is 10.4. The van der Waals surface area contributed by atoms with E-state index in [1.807, 2.05) is 18.6 Å². The van der Waals surface area contributed by atoms with Crippen LogP contribution in [0.1, 0.15) is 24.2 Å². The van der Waals surface area contributed by atoms with Crippen LogP contribution in [0.4, 0.5) is 0 Å². The van der Waals surface area contributed by atoms with E-state index in [0.29, 0.717) is 0 Å². The van der Waals surface area contributed by atoms with Gasteiger partial charge in [-0.05, 0) is 49.9 Å². The first-order chi connectivity index (χ1) is 9.81. The highest BCUT2D eigenvalue weighted by Gasteiger charge is 2.20. The van der Waals surface area contributed by atoms with E-state index in [9.17, 15) is 0 Å². The molecule has 1 aliphatic rings. The fourth-order valence-electron chi connectivity index (χ4n) is 3.07. The molecule has 2 aromatic rings. The summed E-state index contributed by atoms with van der Waals surface area (Å²) in [6.45, 7) is 6.61. The molecule has 4 nitrogen and oxygen atoms in total. The van der Waals surface area contributed by atoms with Crippen LogP contribution in [0.5, 0.6) is 0 Å². The SMILES string of the molecule is Cc1nccn1C[C@@H]1CCCN(Cc2ccncc2)C1. The largest absolute Gasteiger partial charge is 0.335 e. The lowest BCUT2D eigenvalue weighted by Gasteiger charge is -2.33. The van der Waals surface area contributed by atoms with E-state index >= 15 is 0 Å². The molecule has 0 saturated carbocycles. The predicted octanol–water partition coefficient (Wildman–Crippen LogP) is 2.50. The Bertz CT molecular complexity index is 534. The maximum absolute atomic E-state index is 4.31. The van der Waals surface area contributed by atoms with Gasteiger partial charge in [-0.1, -0.05) is 0 Å². The van der Waals surface area contributed by atoms with Crippen LogP contribution in [0.3, 0.4) is 0 Å². The van der Waals surface area contributed by atoms with E-state index in [1.165, 1.54) is 31.5 Å². The molecule has 106 valence electrons. The number of likely N-dealkylation sites (tertiary alicyclic amines) is 1. The summed E-state index contributed by atoms with van der Waals surface area (Å²) in [4.78, 5) is 11.0. The van der Waals surface area contributed by atoms with Crippen LogP contribution in [0.15, 0.2) is 36.9 Å². The van der Waals surface area contributed by atoms with Crippen LogP contribution in [0.25, 0.3) is 0 Å². The van der Waals surface area contributed by atoms with Crippen LogP contribution < -0.4 is 0 Å². The van der Waals surface area contributed by atoms with Gasteiger partial charge in [-0.15, -0.1) is 0 Å². The number of aryl methyl sites for hydroxylation is 1. The first-order valence-corrected chi connectivity index (χ1v) is 7.40. The number of hydrogen-bond donors (Lipinski definition) is 0. The zero-order valence-corrected chi connectivity index (χ0v) is 12.1. The van der Waals surface area contributed by atoms with Gasteiger partial charge in [0.2, 0.25) is 0 Å². The molecule has 1 fully saturated rings. The van der Waals surface area contributed by atoms with Crippen LogP contribution in [0.2, 0.25) is 0 Å². The quantitative estimate of drug-likeness (QED) is 0.856. The Labute approximate surface area is 120 Å². The van der Waals surface area contributed by atoms with Crippen molar-refractivity contribution < 1.29 is 0 Å². The molecule has 0 unspecified atom stereocenters. The maximum atomic E-state index is 4.31. The minimum absolute atomic E-state index is 0.735. The van der Waals surface area contributed by atoms with E-state index in [1.54, 1.807) is 0 Å². The molecule has 0 spiro atoms. The summed E-state index contributed by atoms with van der Waals surface area (Å²) in [7, 11) is 0. The van der Waals surface area contributed by atoms with Crippen molar-refractivity contribution in [2.24, 2.45) is 5.92 Å². The lowest BCUT2D eigenvalue weighted by atomic mass is 9.97. The molecule has 0 aliphatic carbocycles. The number of imidazole rings is 1. The smallest absolute Gasteiger partial charge is 0.105 e. The second-order valence-electron chi connectivity index (χ2n) is 5.73. The Balaban J connectivity index is 1.58. The molecule has 3 heterocycles. The third-order valence-corrected chi connectivity index (χ3v) is 4.14. The Hall–Kier alpha value is -1.68. The Morgan fingerprint density at radius 2 is 2.10 bits per heavy atom. The van der Waals surface area contributed by atoms with Crippen molar-refractivity contribution in [2.75, 3.05) is 13.1 Å². The van der Waals surface area contributed by atoms with Gasteiger partial charge in [0.15, 0.2) is 0 Å². The molecule has 0 aromatic carbocycles. The molecular weight excluding hydrogens is 248 g/mol. The molecule has 1 saturated heterocycles. The topological polar surface area (TPSA) is 34.0 Å². The second kappa shape index (κ2) is 6.18. The van der Waals surface area contributed by atoms with Crippen LogP contribution in [-0.2, 0) is 13.1 Å². The zero-order chi connectivity index (χ0) is 13.8. The predicted molar refractivity (Wildman–Crippen MR) is 79.2 cm³/mol. The molecule has 2 aromatic heterocycles. The van der Waals surface area contributed by atoms with E-state index in [-0.39, 0.29) is 0 Å². The first-order valence-electron chi connectivity index (χ1n) is 7.40. The lowest BCUT2D eigenvalue weighted by Crippen LogP contribution is -2.36. The van der Waals surface area contributed by atoms with E-state index < -0.39 is 0 Å². The molecule has 4 heteroatoms. The summed E-state index contributed by atoms with van der Waals surface area (Å²) in [5.74, 6) is 1.86. The highest BCUT2D eigenvalue weighted by atomic mass is 15.1. The van der Waals surface area contributed by atoms with Gasteiger partial charge in [0, 0.05) is 44.4 Å². The number of aromatic nitrogens is 3. The fourth-order valence-corrected chi connectivity index (χ4v) is 3.07. The normalized spacial score (nSPS) is 20.1. The van der Waals surface area contributed by atoms with Gasteiger partial charge >= 0.3 is 0 Å². The molecule has 1 aliphatic heterocycles. The summed E-state index contributed by atoms with van der Waals surface area (Å²) >= 11 is 0. The molecule has 0 radical (unpaired) electrons. The standard InChI is InChI=1S/C16H22N4/c1-14-18-8-10-20(14)13-16-3-2-9-19(12-16)11-15-4-6-17-7-5-15/h4-8,10,16H,2-3,9,11-13H2,1H3/t16-/m1/s1. The van der Waals surface area contributed by atoms with E-state index in [2.05, 4.69) is 44.7 Å². The van der Waals surface area contributed by atoms with Crippen molar-refractivity contribution in [2.45, 2.75) is 32.9 Å². The van der Waals surface area contributed by atoms with Gasteiger partial charge in [0.05, 0.1) is 0 Å². The number of nitrogens with zero attached hydrogens (tertiary/aromatic N) is 4. The Kier molecular flexibility index (Phi) is 4.11. The van der Waals surface area contributed by atoms with Crippen molar-refractivity contribution in [3.05, 3.63) is 48.3 Å². The fraction of sp³-hybridized carbons (Fsp3) is 0.500. The molecular formula is C16H22N4. The van der Waals surface area contributed by atoms with Gasteiger partial charge < -0.3 is 4.57 Å². The van der Waals surface area contributed by atoms with Crippen LogP contribution >= 0.6 is 0 Å². The molecule has 20 heavy (non-hydrogen) atoms. The highest BCUT2D eigenvalue weighted by molar-refractivity contribution is 5.09. The minimum atomic E-state index is 0.735. The van der Waals surface area contributed by atoms with Gasteiger partial charge in [-0.25, -0.2) is 4.98 Å². The third-order valence-electron chi connectivity index (χ3n) is 4.14. The van der Waals surface area contributed by atoms with Crippen molar-refractivity contribution in [3.8, 4) is 0 Å². The Morgan fingerprint density at radius 1 is 1.25 bits per heavy atom. The van der Waals surface area contributed by atoms with E-state index in [4.69, 9.17) is 0 Å². The Morgan fingerprint density at radius 3 is 2.85 bits per heavy atom. The molecule has 0 bridgehead atoms. The summed E-state index contributed by atoms with van der Waals surface area (Å²) in [5.41, 5.74) is 1.36. The van der Waals surface area contributed by atoms with Crippen molar-refractivity contribution >= 4 is 0 Å². The van der Waals surface area contributed by atoms with Crippen LogP contribution in [-0.4, -0.2) is 32.5 Å². The maximum Gasteiger partial charge on any atom is 0.105 e. The van der Waals surface area contributed by atoms with E-state index in [0.717, 1.165) is 24.8 Å². The minimum Gasteiger partial charge on any atom is -0.335 e. The van der Waals surface area contributed by atoms with Crippen molar-refractivity contribution in [3.63, 3.8) is 0 Å². The number of hydrogen-bond acceptors (Lipinski definition) is 3. The lowest BCUT2D eigenvalue weighted by molar-refractivity contribution is 0.155. The third kappa shape index (κ3) is 3.25. The average molecular weight is 270 g/mol. The van der Waals surface area contributed by atoms with Gasteiger partial charge in [0.25, 0.3) is 0 Å². The number of piperidine rings is 1. The summed E-state index contributed by atoms with van der Waals surface area (Å²) in [5, 5.41) is 0. The summed E-state index contributed by atoms with van der Waals surface area (Å²) < 4.78 is 2.28. The molecule has 1 atom stereocenters. The van der Waals surface area contributed by atoms with Crippen molar-refractivity contribution in [1.29, 1.82) is 0 Å². The highest BCUT2D eigenvalue weighted by Crippen LogP contribution is 2.20. The molecule has 0 amide bonds. The summed E-state index contributed by atoms with van der Waals surface area (Å²) in [6, 6.07) is 4.23. The van der Waals surface area contributed by atoms with Crippen molar-refractivity contribution in [1.82, 2.24) is 19.4 Å². The zero-order valence-electron chi connectivity index (χ0n) is 12.1. The van der Waals surface area contributed by atoms with Crippen LogP contribution in [0, 0.1) is 12.8 Å². The number of rotatable bonds is 4. The monoisotopic (exact) mass is 270 g/mol.